The van der Waals surface area contributed by atoms with Crippen molar-refractivity contribution in [2.75, 3.05) is 5.32 Å². The Morgan fingerprint density at radius 3 is 2.55 bits per heavy atom. The van der Waals surface area contributed by atoms with Gasteiger partial charge in [-0.2, -0.15) is 18.3 Å². The number of ether oxygens (including phenoxy) is 1. The van der Waals surface area contributed by atoms with Crippen molar-refractivity contribution in [3.8, 4) is 11.5 Å². The zero-order chi connectivity index (χ0) is 24.3. The maximum Gasteiger partial charge on any atom is 0.435 e. The maximum absolute atomic E-state index is 12.8. The molecule has 0 aliphatic heterocycles. The average Bonchev–Trinajstić information content (AvgIpc) is 3.09. The fourth-order valence-corrected chi connectivity index (χ4v) is 3.21. The van der Waals surface area contributed by atoms with Gasteiger partial charge in [0.05, 0.1) is 16.7 Å². The van der Waals surface area contributed by atoms with Gasteiger partial charge in [0.15, 0.2) is 5.69 Å². The van der Waals surface area contributed by atoms with E-state index in [0.29, 0.717) is 16.3 Å². The summed E-state index contributed by atoms with van der Waals surface area (Å²) in [6.45, 7) is 3.10. The van der Waals surface area contributed by atoms with Crippen molar-refractivity contribution < 1.29 is 27.6 Å². The molecule has 1 aromatic heterocycles. The molecule has 0 atom stereocenters. The maximum atomic E-state index is 12.8. The van der Waals surface area contributed by atoms with Crippen LogP contribution in [0.2, 0.25) is 5.02 Å². The van der Waals surface area contributed by atoms with Crippen molar-refractivity contribution in [3.63, 3.8) is 0 Å². The lowest BCUT2D eigenvalue weighted by atomic mass is 10.2. The number of rotatable bonds is 7. The van der Waals surface area contributed by atoms with Crippen LogP contribution in [0.3, 0.4) is 0 Å². The molecule has 1 amide bonds. The summed E-state index contributed by atoms with van der Waals surface area (Å²) in [5.74, 6) is -0.0259. The minimum absolute atomic E-state index is 0.101. The van der Waals surface area contributed by atoms with Gasteiger partial charge in [-0.25, -0.2) is 0 Å². The Balaban J connectivity index is 1.74. The molecule has 1 N–H and O–H groups in total. The van der Waals surface area contributed by atoms with Crippen LogP contribution in [0.1, 0.15) is 23.4 Å². The number of hydrogen-bond acceptors (Lipinski definition) is 5. The monoisotopic (exact) mass is 482 g/mol. The van der Waals surface area contributed by atoms with E-state index in [1.54, 1.807) is 25.1 Å². The van der Waals surface area contributed by atoms with E-state index in [0.717, 1.165) is 16.8 Å². The van der Waals surface area contributed by atoms with Gasteiger partial charge in [-0.1, -0.05) is 11.6 Å². The molecular weight excluding hydrogens is 465 g/mol. The number of non-ortho nitro benzene ring substituents is 1. The van der Waals surface area contributed by atoms with Crippen molar-refractivity contribution in [2.45, 2.75) is 33.0 Å². The Labute approximate surface area is 191 Å². The zero-order valence-electron chi connectivity index (χ0n) is 17.4. The van der Waals surface area contributed by atoms with Crippen LogP contribution in [-0.2, 0) is 17.5 Å². The third-order valence-corrected chi connectivity index (χ3v) is 4.81. The molecule has 3 aromatic rings. The standard InChI is InChI=1S/C21H18ClF3N4O4/c1-12-7-14(22)3-4-18(12)33-17-10-15(9-16(11-17)29(31)32)26-20(30)5-6-28-13(2)8-19(27-28)21(23,24)25/h3-4,7-11H,5-6H2,1-2H3,(H,26,30). The largest absolute Gasteiger partial charge is 0.457 e. The van der Waals surface area contributed by atoms with Crippen LogP contribution >= 0.6 is 11.6 Å². The van der Waals surface area contributed by atoms with Crippen molar-refractivity contribution in [1.82, 2.24) is 9.78 Å². The van der Waals surface area contributed by atoms with E-state index in [1.165, 1.54) is 19.1 Å². The molecule has 0 aliphatic rings. The first-order chi connectivity index (χ1) is 15.4. The SMILES string of the molecule is Cc1cc(Cl)ccc1Oc1cc(NC(=O)CCn2nc(C(F)(F)F)cc2C)cc([N+](=O)[O-])c1. The lowest BCUT2D eigenvalue weighted by Gasteiger charge is -2.11. The molecule has 12 heteroatoms. The number of nitro benzene ring substituents is 1. The van der Waals surface area contributed by atoms with E-state index >= 15 is 0 Å². The topological polar surface area (TPSA) is 99.3 Å². The van der Waals surface area contributed by atoms with Gasteiger partial charge >= 0.3 is 6.18 Å². The smallest absolute Gasteiger partial charge is 0.435 e. The molecule has 0 radical (unpaired) electrons. The molecule has 1 heterocycles. The predicted octanol–water partition coefficient (Wildman–Crippen LogP) is 5.90. The molecule has 0 aliphatic carbocycles. The predicted molar refractivity (Wildman–Crippen MR) is 115 cm³/mol. The van der Waals surface area contributed by atoms with Gasteiger partial charge in [0, 0.05) is 35.8 Å². The quantitative estimate of drug-likeness (QED) is 0.334. The zero-order valence-corrected chi connectivity index (χ0v) is 18.2. The fourth-order valence-electron chi connectivity index (χ4n) is 2.98. The van der Waals surface area contributed by atoms with Gasteiger partial charge in [0.1, 0.15) is 11.5 Å². The molecule has 0 spiro atoms. The number of aromatic nitrogens is 2. The Morgan fingerprint density at radius 1 is 1.21 bits per heavy atom. The van der Waals surface area contributed by atoms with E-state index < -0.39 is 22.7 Å². The first kappa shape index (κ1) is 24.1. The highest BCUT2D eigenvalue weighted by Crippen LogP contribution is 2.32. The molecular formula is C21H18ClF3N4O4. The summed E-state index contributed by atoms with van der Waals surface area (Å²) in [5, 5.41) is 17.8. The number of nitrogens with zero attached hydrogens (tertiary/aromatic N) is 3. The van der Waals surface area contributed by atoms with Crippen molar-refractivity contribution in [2.24, 2.45) is 0 Å². The number of nitro groups is 1. The summed E-state index contributed by atoms with van der Waals surface area (Å²) >= 11 is 5.92. The second-order valence-electron chi connectivity index (χ2n) is 7.17. The molecule has 0 saturated heterocycles. The molecule has 33 heavy (non-hydrogen) atoms. The highest BCUT2D eigenvalue weighted by molar-refractivity contribution is 6.30. The lowest BCUT2D eigenvalue weighted by Crippen LogP contribution is -2.16. The normalized spacial score (nSPS) is 11.3. The molecule has 0 unspecified atom stereocenters. The average molecular weight is 483 g/mol. The highest BCUT2D eigenvalue weighted by Gasteiger charge is 2.34. The number of benzene rings is 2. The van der Waals surface area contributed by atoms with Gasteiger partial charge in [-0.15, -0.1) is 0 Å². The molecule has 174 valence electrons. The number of alkyl halides is 3. The summed E-state index contributed by atoms with van der Waals surface area (Å²) in [4.78, 5) is 23.0. The molecule has 0 saturated carbocycles. The second-order valence-corrected chi connectivity index (χ2v) is 7.61. The van der Waals surface area contributed by atoms with Crippen molar-refractivity contribution in [3.05, 3.63) is 74.6 Å². The third-order valence-electron chi connectivity index (χ3n) is 4.57. The number of carbonyl (C=O) groups excluding carboxylic acids is 1. The summed E-state index contributed by atoms with van der Waals surface area (Å²) in [7, 11) is 0. The number of hydrogen-bond donors (Lipinski definition) is 1. The summed E-state index contributed by atoms with van der Waals surface area (Å²) in [6, 6.07) is 9.52. The van der Waals surface area contributed by atoms with E-state index in [9.17, 15) is 28.1 Å². The molecule has 0 fully saturated rings. The number of amides is 1. The molecule has 2 aromatic carbocycles. The van der Waals surface area contributed by atoms with Crippen LogP contribution in [-0.4, -0.2) is 20.6 Å². The molecule has 0 bridgehead atoms. The van der Waals surface area contributed by atoms with Crippen LogP contribution in [0.5, 0.6) is 11.5 Å². The van der Waals surface area contributed by atoms with Crippen LogP contribution in [0.25, 0.3) is 0 Å². The van der Waals surface area contributed by atoms with Gasteiger partial charge in [-0.3, -0.25) is 19.6 Å². The summed E-state index contributed by atoms with van der Waals surface area (Å²) in [5.41, 5.74) is -0.304. The highest BCUT2D eigenvalue weighted by atomic mass is 35.5. The Morgan fingerprint density at radius 2 is 1.94 bits per heavy atom. The van der Waals surface area contributed by atoms with Crippen molar-refractivity contribution in [1.29, 1.82) is 0 Å². The summed E-state index contributed by atoms with van der Waals surface area (Å²) in [6.07, 6.45) is -4.78. The number of halogens is 4. The summed E-state index contributed by atoms with van der Waals surface area (Å²) < 4.78 is 45.1. The van der Waals surface area contributed by atoms with Gasteiger partial charge in [-0.05, 0) is 43.7 Å². The van der Waals surface area contributed by atoms with Crippen LogP contribution < -0.4 is 10.1 Å². The van der Waals surface area contributed by atoms with Crippen molar-refractivity contribution >= 4 is 28.9 Å². The number of carbonyl (C=O) groups is 1. The van der Waals surface area contributed by atoms with Crippen LogP contribution in [0.15, 0.2) is 42.5 Å². The van der Waals surface area contributed by atoms with E-state index in [4.69, 9.17) is 16.3 Å². The van der Waals surface area contributed by atoms with E-state index in [-0.39, 0.29) is 35.8 Å². The number of anilines is 1. The minimum atomic E-state index is -4.58. The fraction of sp³-hybridized carbons (Fsp3) is 0.238. The molecule has 3 rings (SSSR count). The Bertz CT molecular complexity index is 1210. The minimum Gasteiger partial charge on any atom is -0.457 e. The number of nitrogens with one attached hydrogen (secondary N) is 1. The number of aryl methyl sites for hydroxylation is 3. The lowest BCUT2D eigenvalue weighted by molar-refractivity contribution is -0.384. The van der Waals surface area contributed by atoms with Crippen LogP contribution in [0, 0.1) is 24.0 Å². The van der Waals surface area contributed by atoms with E-state index in [1.807, 2.05) is 0 Å². The van der Waals surface area contributed by atoms with Gasteiger partial charge in [0.25, 0.3) is 5.69 Å². The third kappa shape index (κ3) is 6.22. The first-order valence-electron chi connectivity index (χ1n) is 9.57. The molecule has 8 nitrogen and oxygen atoms in total. The Hall–Kier alpha value is -3.60. The second kappa shape index (κ2) is 9.49. The first-order valence-corrected chi connectivity index (χ1v) is 9.95. The van der Waals surface area contributed by atoms with Gasteiger partial charge in [0.2, 0.25) is 5.91 Å². The van der Waals surface area contributed by atoms with Gasteiger partial charge < -0.3 is 10.1 Å². The Kier molecular flexibility index (Phi) is 6.92. The van der Waals surface area contributed by atoms with E-state index in [2.05, 4.69) is 10.4 Å². The van der Waals surface area contributed by atoms with Crippen LogP contribution in [0.4, 0.5) is 24.5 Å².